The normalized spacial score (nSPS) is 14.5. The van der Waals surface area contributed by atoms with Gasteiger partial charge in [0.05, 0.1) is 6.61 Å². The Kier molecular flexibility index (Phi) is 5.68. The zero-order valence-electron chi connectivity index (χ0n) is 14.7. The lowest BCUT2D eigenvalue weighted by Crippen LogP contribution is -2.41. The van der Waals surface area contributed by atoms with Gasteiger partial charge in [-0.15, -0.1) is 0 Å². The molecule has 0 aliphatic carbocycles. The molecule has 1 unspecified atom stereocenters. The number of fused-ring (bicyclic) bond motifs is 1. The minimum absolute atomic E-state index is 0.0757. The largest absolute Gasteiger partial charge is 0.467 e. The Morgan fingerprint density at radius 2 is 2.00 bits per heavy atom. The van der Waals surface area contributed by atoms with Gasteiger partial charge in [-0.3, -0.25) is 4.79 Å². The van der Waals surface area contributed by atoms with Crippen LogP contribution in [-0.2, 0) is 17.8 Å². The van der Waals surface area contributed by atoms with E-state index in [1.54, 1.807) is 6.07 Å². The fraction of sp³-hybridized carbons (Fsp3) is 0.350. The second kappa shape index (κ2) is 8.14. The summed E-state index contributed by atoms with van der Waals surface area (Å²) in [6.07, 6.45) is 0.889. The Bertz CT molecular complexity index is 716. The van der Waals surface area contributed by atoms with Crippen LogP contribution >= 0.6 is 0 Å². The van der Waals surface area contributed by atoms with Crippen LogP contribution in [0.15, 0.2) is 48.5 Å². The minimum atomic E-state index is -0.0757. The number of hydrogen-bond donors (Lipinski definition) is 1. The highest BCUT2D eigenvalue weighted by Gasteiger charge is 2.17. The first kappa shape index (κ1) is 17.5. The molecule has 5 heteroatoms. The van der Waals surface area contributed by atoms with Crippen molar-refractivity contribution in [2.45, 2.75) is 19.1 Å². The summed E-state index contributed by atoms with van der Waals surface area (Å²) in [6, 6.07) is 16.0. The summed E-state index contributed by atoms with van der Waals surface area (Å²) in [7, 11) is 4.07. The number of nitrogens with one attached hydrogen (secondary N) is 1. The van der Waals surface area contributed by atoms with Crippen LogP contribution in [0.3, 0.4) is 0 Å². The number of rotatable bonds is 6. The van der Waals surface area contributed by atoms with E-state index in [0.717, 1.165) is 17.7 Å². The number of nitrogens with zero attached hydrogens (tertiary/aromatic N) is 1. The molecule has 1 heterocycles. The van der Waals surface area contributed by atoms with E-state index < -0.39 is 0 Å². The number of amides is 1. The van der Waals surface area contributed by atoms with Crippen molar-refractivity contribution >= 4 is 5.91 Å². The number of carbonyl (C=O) groups is 1. The summed E-state index contributed by atoms with van der Waals surface area (Å²) in [5.41, 5.74) is 2.80. The van der Waals surface area contributed by atoms with Gasteiger partial charge < -0.3 is 19.7 Å². The van der Waals surface area contributed by atoms with Crippen LogP contribution in [-0.4, -0.2) is 44.3 Å². The Morgan fingerprint density at radius 3 is 2.76 bits per heavy atom. The molecule has 3 rings (SSSR count). The Balaban J connectivity index is 1.61. The van der Waals surface area contributed by atoms with Crippen LogP contribution in [0, 0.1) is 0 Å². The molecular formula is C20H24N2O3. The summed E-state index contributed by atoms with van der Waals surface area (Å²) in [4.78, 5) is 14.6. The molecule has 0 saturated carbocycles. The van der Waals surface area contributed by atoms with Gasteiger partial charge in [-0.2, -0.15) is 0 Å². The van der Waals surface area contributed by atoms with E-state index >= 15 is 0 Å². The Hall–Kier alpha value is -2.37. The van der Waals surface area contributed by atoms with Crippen molar-refractivity contribution in [3.05, 3.63) is 65.2 Å². The molecule has 0 spiro atoms. The number of likely N-dealkylation sites (N-methyl/N-ethyl adjacent to an activating group) is 1. The van der Waals surface area contributed by atoms with Crippen LogP contribution in [0.25, 0.3) is 0 Å². The van der Waals surface area contributed by atoms with Crippen LogP contribution in [0.1, 0.15) is 21.5 Å². The molecule has 25 heavy (non-hydrogen) atoms. The van der Waals surface area contributed by atoms with Crippen LogP contribution in [0.2, 0.25) is 0 Å². The first-order valence-electron chi connectivity index (χ1n) is 8.45. The summed E-state index contributed by atoms with van der Waals surface area (Å²) < 4.78 is 10.7. The van der Waals surface area contributed by atoms with E-state index in [0.29, 0.717) is 18.7 Å². The lowest BCUT2D eigenvalue weighted by molar-refractivity contribution is -0.0163. The Labute approximate surface area is 148 Å². The molecule has 1 aliphatic heterocycles. The monoisotopic (exact) mass is 340 g/mol. The van der Waals surface area contributed by atoms with Gasteiger partial charge in [-0.25, -0.2) is 0 Å². The lowest BCUT2D eigenvalue weighted by Gasteiger charge is -2.25. The summed E-state index contributed by atoms with van der Waals surface area (Å²) in [5, 5.41) is 3.05. The SMILES string of the molecule is CN(C)C(CNC(=O)c1ccc2c(c1)COCO2)Cc1ccccc1. The zero-order valence-corrected chi connectivity index (χ0v) is 14.7. The average Bonchev–Trinajstić information content (AvgIpc) is 2.65. The van der Waals surface area contributed by atoms with Gasteiger partial charge in [0.25, 0.3) is 5.91 Å². The maximum Gasteiger partial charge on any atom is 0.251 e. The molecule has 1 amide bonds. The number of carbonyl (C=O) groups excluding carboxylic acids is 1. The van der Waals surface area contributed by atoms with Crippen molar-refractivity contribution < 1.29 is 14.3 Å². The Morgan fingerprint density at radius 1 is 1.20 bits per heavy atom. The summed E-state index contributed by atoms with van der Waals surface area (Å²) >= 11 is 0. The average molecular weight is 340 g/mol. The van der Waals surface area contributed by atoms with Crippen molar-refractivity contribution in [1.29, 1.82) is 0 Å². The molecule has 2 aromatic carbocycles. The predicted molar refractivity (Wildman–Crippen MR) is 96.7 cm³/mol. The maximum atomic E-state index is 12.5. The minimum Gasteiger partial charge on any atom is -0.467 e. The maximum absolute atomic E-state index is 12.5. The first-order chi connectivity index (χ1) is 12.1. The topological polar surface area (TPSA) is 50.8 Å². The molecule has 1 atom stereocenters. The molecule has 2 aromatic rings. The molecule has 1 N–H and O–H groups in total. The molecule has 0 saturated heterocycles. The van der Waals surface area contributed by atoms with E-state index in [-0.39, 0.29) is 18.7 Å². The van der Waals surface area contributed by atoms with Gasteiger partial charge >= 0.3 is 0 Å². The quantitative estimate of drug-likeness (QED) is 0.878. The van der Waals surface area contributed by atoms with Crippen molar-refractivity contribution in [3.63, 3.8) is 0 Å². The number of hydrogen-bond acceptors (Lipinski definition) is 4. The van der Waals surface area contributed by atoms with E-state index in [4.69, 9.17) is 9.47 Å². The zero-order chi connectivity index (χ0) is 17.6. The highest BCUT2D eigenvalue weighted by atomic mass is 16.7. The molecule has 1 aliphatic rings. The number of benzene rings is 2. The third-order valence-corrected chi connectivity index (χ3v) is 4.42. The van der Waals surface area contributed by atoms with Crippen LogP contribution in [0.5, 0.6) is 5.75 Å². The predicted octanol–water partition coefficient (Wildman–Crippen LogP) is 2.46. The van der Waals surface area contributed by atoms with Gasteiger partial charge in [-0.05, 0) is 44.3 Å². The van der Waals surface area contributed by atoms with E-state index in [1.165, 1.54) is 5.56 Å². The van der Waals surface area contributed by atoms with E-state index in [9.17, 15) is 4.79 Å². The highest BCUT2D eigenvalue weighted by Crippen LogP contribution is 2.24. The highest BCUT2D eigenvalue weighted by molar-refractivity contribution is 5.94. The molecular weight excluding hydrogens is 316 g/mol. The second-order valence-corrected chi connectivity index (χ2v) is 6.45. The summed E-state index contributed by atoms with van der Waals surface area (Å²) in [6.45, 7) is 1.33. The van der Waals surface area contributed by atoms with Crippen LogP contribution < -0.4 is 10.1 Å². The molecule has 0 radical (unpaired) electrons. The van der Waals surface area contributed by atoms with Crippen molar-refractivity contribution in [2.24, 2.45) is 0 Å². The van der Waals surface area contributed by atoms with Crippen molar-refractivity contribution in [1.82, 2.24) is 10.2 Å². The first-order valence-corrected chi connectivity index (χ1v) is 8.45. The van der Waals surface area contributed by atoms with E-state index in [1.807, 2.05) is 44.4 Å². The fourth-order valence-corrected chi connectivity index (χ4v) is 2.87. The molecule has 0 aromatic heterocycles. The van der Waals surface area contributed by atoms with Crippen molar-refractivity contribution in [2.75, 3.05) is 27.4 Å². The molecule has 132 valence electrons. The van der Waals surface area contributed by atoms with Crippen LogP contribution in [0.4, 0.5) is 0 Å². The summed E-state index contributed by atoms with van der Waals surface area (Å²) in [5.74, 6) is 0.714. The molecule has 5 nitrogen and oxygen atoms in total. The van der Waals surface area contributed by atoms with Gasteiger partial charge in [-0.1, -0.05) is 30.3 Å². The molecule has 0 bridgehead atoms. The van der Waals surface area contributed by atoms with Crippen molar-refractivity contribution in [3.8, 4) is 5.75 Å². The second-order valence-electron chi connectivity index (χ2n) is 6.45. The van der Waals surface area contributed by atoms with Gasteiger partial charge in [0.2, 0.25) is 0 Å². The lowest BCUT2D eigenvalue weighted by atomic mass is 10.0. The smallest absolute Gasteiger partial charge is 0.251 e. The standard InChI is InChI=1S/C20H24N2O3/c1-22(2)18(10-15-6-4-3-5-7-15)12-21-20(23)16-8-9-19-17(11-16)13-24-14-25-19/h3-9,11,18H,10,12-14H2,1-2H3,(H,21,23). The fourth-order valence-electron chi connectivity index (χ4n) is 2.87. The van der Waals surface area contributed by atoms with Gasteiger partial charge in [0, 0.05) is 23.7 Å². The third kappa shape index (κ3) is 4.59. The van der Waals surface area contributed by atoms with Gasteiger partial charge in [0.15, 0.2) is 6.79 Å². The third-order valence-electron chi connectivity index (χ3n) is 4.42. The molecule has 0 fully saturated rings. The van der Waals surface area contributed by atoms with Gasteiger partial charge in [0.1, 0.15) is 5.75 Å². The van der Waals surface area contributed by atoms with E-state index in [2.05, 4.69) is 22.3 Å². The number of ether oxygens (including phenoxy) is 2.